The van der Waals surface area contributed by atoms with Crippen LogP contribution in [0.15, 0.2) is 34.9 Å². The van der Waals surface area contributed by atoms with Gasteiger partial charge in [-0.1, -0.05) is 25.1 Å². The number of benzene rings is 1. The molecule has 2 aromatic rings. The molecule has 0 atom stereocenters. The molecule has 2 N–H and O–H groups in total. The Kier molecular flexibility index (Phi) is 4.15. The number of rotatable bonds is 4. The van der Waals surface area contributed by atoms with Gasteiger partial charge in [0.2, 0.25) is 0 Å². The van der Waals surface area contributed by atoms with Crippen LogP contribution in [0.4, 0.5) is 5.82 Å². The Morgan fingerprint density at radius 2 is 2.06 bits per heavy atom. The highest BCUT2D eigenvalue weighted by Gasteiger charge is 2.03. The highest BCUT2D eigenvalue weighted by molar-refractivity contribution is 9.10. The molecule has 0 bridgehead atoms. The Hall–Kier alpha value is -1.62. The normalized spacial score (nSPS) is 10.3. The first kappa shape index (κ1) is 12.8. The van der Waals surface area contributed by atoms with Gasteiger partial charge >= 0.3 is 0 Å². The van der Waals surface area contributed by atoms with Gasteiger partial charge in [-0.3, -0.25) is 0 Å². The minimum Gasteiger partial charge on any atom is -0.508 e. The number of phenolic OH excluding ortho intramolecular Hbond substituents is 1. The predicted octanol–water partition coefficient (Wildman–Crippen LogP) is 3.12. The summed E-state index contributed by atoms with van der Waals surface area (Å²) in [6, 6.07) is 9.06. The van der Waals surface area contributed by atoms with Crippen LogP contribution in [0.3, 0.4) is 0 Å². The molecule has 1 heterocycles. The molecule has 0 aliphatic heterocycles. The third-order valence-electron chi connectivity index (χ3n) is 2.51. The summed E-state index contributed by atoms with van der Waals surface area (Å²) >= 11 is 3.35. The summed E-state index contributed by atoms with van der Waals surface area (Å²) in [4.78, 5) is 8.60. The van der Waals surface area contributed by atoms with Crippen molar-refractivity contribution in [3.63, 3.8) is 0 Å². The monoisotopic (exact) mass is 307 g/mol. The molecule has 94 valence electrons. The van der Waals surface area contributed by atoms with Gasteiger partial charge < -0.3 is 10.4 Å². The van der Waals surface area contributed by atoms with Gasteiger partial charge in [-0.15, -0.1) is 0 Å². The van der Waals surface area contributed by atoms with E-state index in [4.69, 9.17) is 0 Å². The molecule has 1 aromatic heterocycles. The molecule has 1 aromatic carbocycles. The first-order valence-corrected chi connectivity index (χ1v) is 6.52. The number of nitrogens with one attached hydrogen (secondary N) is 1. The van der Waals surface area contributed by atoms with Gasteiger partial charge in [-0.2, -0.15) is 0 Å². The Morgan fingerprint density at radius 3 is 2.78 bits per heavy atom. The molecule has 5 heteroatoms. The van der Waals surface area contributed by atoms with Crippen LogP contribution in [0.1, 0.15) is 18.3 Å². The van der Waals surface area contributed by atoms with E-state index in [0.29, 0.717) is 6.54 Å². The highest BCUT2D eigenvalue weighted by Crippen LogP contribution is 2.18. The zero-order valence-corrected chi connectivity index (χ0v) is 11.6. The average molecular weight is 308 g/mol. The number of aromatic nitrogens is 2. The SMILES string of the molecule is CCc1nc(Br)cc(NCc2ccccc2O)n1. The molecule has 0 saturated carbocycles. The summed E-state index contributed by atoms with van der Waals surface area (Å²) in [5.74, 6) is 1.81. The second-order valence-corrected chi connectivity index (χ2v) is 4.64. The van der Waals surface area contributed by atoms with Crippen LogP contribution in [0.2, 0.25) is 0 Å². The number of hydrogen-bond acceptors (Lipinski definition) is 4. The maximum Gasteiger partial charge on any atom is 0.131 e. The molecule has 0 amide bonds. The molecule has 0 unspecified atom stereocenters. The van der Waals surface area contributed by atoms with Crippen LogP contribution in [0.25, 0.3) is 0 Å². The lowest BCUT2D eigenvalue weighted by atomic mass is 10.2. The fourth-order valence-corrected chi connectivity index (χ4v) is 1.98. The van der Waals surface area contributed by atoms with Crippen molar-refractivity contribution >= 4 is 21.7 Å². The van der Waals surface area contributed by atoms with Crippen molar-refractivity contribution in [2.24, 2.45) is 0 Å². The molecule has 2 rings (SSSR count). The lowest BCUT2D eigenvalue weighted by molar-refractivity contribution is 0.469. The van der Waals surface area contributed by atoms with Crippen molar-refractivity contribution in [3.8, 4) is 5.75 Å². The highest BCUT2D eigenvalue weighted by atomic mass is 79.9. The van der Waals surface area contributed by atoms with Crippen molar-refractivity contribution in [1.82, 2.24) is 9.97 Å². The number of phenols is 1. The van der Waals surface area contributed by atoms with Crippen molar-refractivity contribution in [2.75, 3.05) is 5.32 Å². The minimum absolute atomic E-state index is 0.286. The van der Waals surface area contributed by atoms with Crippen LogP contribution in [-0.4, -0.2) is 15.1 Å². The van der Waals surface area contributed by atoms with Gasteiger partial charge in [-0.05, 0) is 22.0 Å². The number of aryl methyl sites for hydroxylation is 1. The Balaban J connectivity index is 2.11. The topological polar surface area (TPSA) is 58.0 Å². The molecule has 0 spiro atoms. The van der Waals surface area contributed by atoms with Gasteiger partial charge in [0.1, 0.15) is 22.0 Å². The van der Waals surface area contributed by atoms with E-state index in [1.54, 1.807) is 12.1 Å². The minimum atomic E-state index is 0.286. The number of halogens is 1. The van der Waals surface area contributed by atoms with Crippen LogP contribution in [-0.2, 0) is 13.0 Å². The number of anilines is 1. The van der Waals surface area contributed by atoms with Crippen molar-refractivity contribution in [2.45, 2.75) is 19.9 Å². The van der Waals surface area contributed by atoms with E-state index in [2.05, 4.69) is 31.2 Å². The summed E-state index contributed by atoms with van der Waals surface area (Å²) in [6.07, 6.45) is 0.782. The van der Waals surface area contributed by atoms with Crippen LogP contribution < -0.4 is 5.32 Å². The molecule has 0 fully saturated rings. The molecule has 0 radical (unpaired) electrons. The molecule has 4 nitrogen and oxygen atoms in total. The molecule has 0 aliphatic carbocycles. The molecule has 0 saturated heterocycles. The predicted molar refractivity (Wildman–Crippen MR) is 74.5 cm³/mol. The summed E-state index contributed by atoms with van der Waals surface area (Å²) in [5.41, 5.74) is 0.838. The summed E-state index contributed by atoms with van der Waals surface area (Å²) in [6.45, 7) is 2.54. The Morgan fingerprint density at radius 1 is 1.28 bits per heavy atom. The van der Waals surface area contributed by atoms with Crippen molar-refractivity contribution in [1.29, 1.82) is 0 Å². The first-order valence-electron chi connectivity index (χ1n) is 5.73. The lowest BCUT2D eigenvalue weighted by Crippen LogP contribution is -2.04. The van der Waals surface area contributed by atoms with Gasteiger partial charge in [0.25, 0.3) is 0 Å². The van der Waals surface area contributed by atoms with Crippen LogP contribution >= 0.6 is 15.9 Å². The summed E-state index contributed by atoms with van der Waals surface area (Å²) in [5, 5.41) is 12.8. The van der Waals surface area contributed by atoms with E-state index < -0.39 is 0 Å². The maximum absolute atomic E-state index is 9.66. The van der Waals surface area contributed by atoms with Gasteiger partial charge in [0.15, 0.2) is 0 Å². The quantitative estimate of drug-likeness (QED) is 0.852. The number of hydrogen-bond donors (Lipinski definition) is 2. The molecular weight excluding hydrogens is 294 g/mol. The second-order valence-electron chi connectivity index (χ2n) is 3.83. The Bertz CT molecular complexity index is 546. The third kappa shape index (κ3) is 3.20. The number of nitrogens with zero attached hydrogens (tertiary/aromatic N) is 2. The van der Waals surface area contributed by atoms with E-state index >= 15 is 0 Å². The molecule has 18 heavy (non-hydrogen) atoms. The van der Waals surface area contributed by atoms with Gasteiger partial charge in [0.05, 0.1) is 0 Å². The largest absolute Gasteiger partial charge is 0.508 e. The smallest absolute Gasteiger partial charge is 0.131 e. The van der Waals surface area contributed by atoms with Crippen LogP contribution in [0.5, 0.6) is 5.75 Å². The lowest BCUT2D eigenvalue weighted by Gasteiger charge is -2.08. The van der Waals surface area contributed by atoms with E-state index in [0.717, 1.165) is 28.2 Å². The zero-order valence-electron chi connectivity index (χ0n) is 10.0. The fourth-order valence-electron chi connectivity index (χ4n) is 1.56. The van der Waals surface area contributed by atoms with E-state index in [-0.39, 0.29) is 5.75 Å². The fraction of sp³-hybridized carbons (Fsp3) is 0.231. The van der Waals surface area contributed by atoms with Crippen molar-refractivity contribution < 1.29 is 5.11 Å². The van der Waals surface area contributed by atoms with Gasteiger partial charge in [0, 0.05) is 24.6 Å². The average Bonchev–Trinajstić information content (AvgIpc) is 2.37. The van der Waals surface area contributed by atoms with Crippen LogP contribution in [0, 0.1) is 0 Å². The number of aromatic hydroxyl groups is 1. The summed E-state index contributed by atoms with van der Waals surface area (Å²) in [7, 11) is 0. The van der Waals surface area contributed by atoms with E-state index in [1.165, 1.54) is 0 Å². The number of para-hydroxylation sites is 1. The second kappa shape index (κ2) is 5.82. The molecule has 0 aliphatic rings. The zero-order chi connectivity index (χ0) is 13.0. The molecular formula is C13H14BrN3O. The third-order valence-corrected chi connectivity index (χ3v) is 2.92. The van der Waals surface area contributed by atoms with Gasteiger partial charge in [-0.25, -0.2) is 9.97 Å². The van der Waals surface area contributed by atoms with E-state index in [9.17, 15) is 5.11 Å². The standard InChI is InChI=1S/C13H14BrN3O/c1-2-12-16-11(14)7-13(17-12)15-8-9-5-3-4-6-10(9)18/h3-7,18H,2,8H2,1H3,(H,15,16,17). The Labute approximate surface area is 114 Å². The van der Waals surface area contributed by atoms with E-state index in [1.807, 2.05) is 25.1 Å². The first-order chi connectivity index (χ1) is 8.69. The maximum atomic E-state index is 9.66. The van der Waals surface area contributed by atoms with Crippen molar-refractivity contribution in [3.05, 3.63) is 46.3 Å². The summed E-state index contributed by atoms with van der Waals surface area (Å²) < 4.78 is 0.758.